The van der Waals surface area contributed by atoms with Crippen molar-refractivity contribution in [1.82, 2.24) is 10.2 Å². The highest BCUT2D eigenvalue weighted by molar-refractivity contribution is 5.15. The van der Waals surface area contributed by atoms with Gasteiger partial charge in [-0.1, -0.05) is 30.3 Å². The summed E-state index contributed by atoms with van der Waals surface area (Å²) in [6, 6.07) is 11.8. The molecule has 2 aliphatic rings. The normalized spacial score (nSPS) is 24.4. The first-order valence-electron chi connectivity index (χ1n) is 6.90. The minimum atomic E-state index is 0.871. The third-order valence-electron chi connectivity index (χ3n) is 3.95. The van der Waals surface area contributed by atoms with Gasteiger partial charge < -0.3 is 5.32 Å². The van der Waals surface area contributed by atoms with Crippen molar-refractivity contribution < 1.29 is 0 Å². The molecule has 0 unspecified atom stereocenters. The Hall–Kier alpha value is -0.860. The zero-order valence-corrected chi connectivity index (χ0v) is 10.4. The third-order valence-corrected chi connectivity index (χ3v) is 3.95. The smallest absolute Gasteiger partial charge is 0.0236 e. The van der Waals surface area contributed by atoms with E-state index < -0.39 is 0 Å². The number of hydrogen-bond donors (Lipinski definition) is 1. The SMILES string of the molecule is c1ccc(CN(C[C@H]2CCNC2)C2CC2)cc1. The van der Waals surface area contributed by atoms with Crippen molar-refractivity contribution in [2.75, 3.05) is 19.6 Å². The lowest BCUT2D eigenvalue weighted by Crippen LogP contribution is -2.32. The average Bonchev–Trinajstić information content (AvgIpc) is 3.09. The van der Waals surface area contributed by atoms with E-state index in [-0.39, 0.29) is 0 Å². The van der Waals surface area contributed by atoms with Gasteiger partial charge in [0.05, 0.1) is 0 Å². The summed E-state index contributed by atoms with van der Waals surface area (Å²) in [5.41, 5.74) is 1.46. The number of benzene rings is 1. The van der Waals surface area contributed by atoms with Gasteiger partial charge >= 0.3 is 0 Å². The first kappa shape index (κ1) is 11.2. The third kappa shape index (κ3) is 3.08. The van der Waals surface area contributed by atoms with Crippen molar-refractivity contribution in [2.45, 2.75) is 31.8 Å². The summed E-state index contributed by atoms with van der Waals surface area (Å²) in [5.74, 6) is 0.874. The molecule has 1 aromatic carbocycles. The summed E-state index contributed by atoms with van der Waals surface area (Å²) in [4.78, 5) is 2.70. The molecule has 1 aliphatic carbocycles. The van der Waals surface area contributed by atoms with Gasteiger partial charge in [0.1, 0.15) is 0 Å². The molecule has 2 fully saturated rings. The fraction of sp³-hybridized carbons (Fsp3) is 0.600. The first-order valence-corrected chi connectivity index (χ1v) is 6.90. The topological polar surface area (TPSA) is 15.3 Å². The first-order chi connectivity index (χ1) is 8.42. The zero-order chi connectivity index (χ0) is 11.5. The van der Waals surface area contributed by atoms with Crippen LogP contribution in [0.25, 0.3) is 0 Å². The molecule has 1 saturated heterocycles. The van der Waals surface area contributed by atoms with Crippen LogP contribution in [0.15, 0.2) is 30.3 Å². The molecule has 0 amide bonds. The van der Waals surface area contributed by atoms with Crippen molar-refractivity contribution in [3.63, 3.8) is 0 Å². The van der Waals surface area contributed by atoms with Gasteiger partial charge in [-0.05, 0) is 43.8 Å². The Morgan fingerprint density at radius 3 is 2.59 bits per heavy atom. The highest BCUT2D eigenvalue weighted by atomic mass is 15.2. The Labute approximate surface area is 104 Å². The van der Waals surface area contributed by atoms with Crippen LogP contribution in [0.5, 0.6) is 0 Å². The fourth-order valence-electron chi connectivity index (χ4n) is 2.80. The Bertz CT molecular complexity index is 339. The predicted molar refractivity (Wildman–Crippen MR) is 70.9 cm³/mol. The van der Waals surface area contributed by atoms with E-state index in [0.717, 1.165) is 18.5 Å². The van der Waals surface area contributed by atoms with E-state index in [2.05, 4.69) is 40.5 Å². The van der Waals surface area contributed by atoms with Crippen molar-refractivity contribution in [1.29, 1.82) is 0 Å². The molecule has 1 aromatic rings. The fourth-order valence-corrected chi connectivity index (χ4v) is 2.80. The van der Waals surface area contributed by atoms with Crippen LogP contribution in [-0.4, -0.2) is 30.6 Å². The van der Waals surface area contributed by atoms with Crippen molar-refractivity contribution >= 4 is 0 Å². The van der Waals surface area contributed by atoms with Crippen LogP contribution in [0.2, 0.25) is 0 Å². The number of nitrogens with one attached hydrogen (secondary N) is 1. The van der Waals surface area contributed by atoms with Crippen molar-refractivity contribution in [3.8, 4) is 0 Å². The Kier molecular flexibility index (Phi) is 3.44. The molecule has 1 aliphatic heterocycles. The maximum atomic E-state index is 3.47. The number of nitrogens with zero attached hydrogens (tertiary/aromatic N) is 1. The second-order valence-electron chi connectivity index (χ2n) is 5.51. The number of hydrogen-bond acceptors (Lipinski definition) is 2. The minimum Gasteiger partial charge on any atom is -0.316 e. The van der Waals surface area contributed by atoms with Crippen LogP contribution >= 0.6 is 0 Å². The molecule has 1 atom stereocenters. The van der Waals surface area contributed by atoms with Crippen LogP contribution in [-0.2, 0) is 6.54 Å². The lowest BCUT2D eigenvalue weighted by molar-refractivity contribution is 0.219. The van der Waals surface area contributed by atoms with Gasteiger partial charge in [0, 0.05) is 19.1 Å². The molecule has 1 heterocycles. The van der Waals surface area contributed by atoms with Gasteiger partial charge in [-0.25, -0.2) is 0 Å². The van der Waals surface area contributed by atoms with E-state index >= 15 is 0 Å². The van der Waals surface area contributed by atoms with Crippen LogP contribution in [0.3, 0.4) is 0 Å². The van der Waals surface area contributed by atoms with E-state index in [1.54, 1.807) is 0 Å². The molecule has 1 saturated carbocycles. The molecule has 17 heavy (non-hydrogen) atoms. The molecule has 0 bridgehead atoms. The predicted octanol–water partition coefficient (Wildman–Crippen LogP) is 2.26. The van der Waals surface area contributed by atoms with Crippen molar-refractivity contribution in [3.05, 3.63) is 35.9 Å². The van der Waals surface area contributed by atoms with E-state index in [4.69, 9.17) is 0 Å². The summed E-state index contributed by atoms with van der Waals surface area (Å²) in [7, 11) is 0. The summed E-state index contributed by atoms with van der Waals surface area (Å²) < 4.78 is 0. The zero-order valence-electron chi connectivity index (χ0n) is 10.4. The van der Waals surface area contributed by atoms with E-state index in [9.17, 15) is 0 Å². The summed E-state index contributed by atoms with van der Waals surface area (Å²) in [6.45, 7) is 4.86. The Morgan fingerprint density at radius 2 is 1.94 bits per heavy atom. The lowest BCUT2D eigenvalue weighted by atomic mass is 10.1. The van der Waals surface area contributed by atoms with Crippen molar-refractivity contribution in [2.24, 2.45) is 5.92 Å². The maximum absolute atomic E-state index is 3.47. The number of rotatable bonds is 5. The standard InChI is InChI=1S/C15H22N2/c1-2-4-13(5-3-1)11-17(15-6-7-15)12-14-8-9-16-10-14/h1-5,14-16H,6-12H2/t14-/m0/s1. The Balaban J connectivity index is 1.60. The summed E-state index contributed by atoms with van der Waals surface area (Å²) in [5, 5.41) is 3.47. The highest BCUT2D eigenvalue weighted by Crippen LogP contribution is 2.29. The largest absolute Gasteiger partial charge is 0.316 e. The van der Waals surface area contributed by atoms with Gasteiger partial charge in [0.25, 0.3) is 0 Å². The molecular weight excluding hydrogens is 208 g/mol. The van der Waals surface area contributed by atoms with Gasteiger partial charge in [-0.15, -0.1) is 0 Å². The van der Waals surface area contributed by atoms with Crippen LogP contribution < -0.4 is 5.32 Å². The molecule has 0 aromatic heterocycles. The van der Waals surface area contributed by atoms with Gasteiger partial charge in [0.2, 0.25) is 0 Å². The summed E-state index contributed by atoms with van der Waals surface area (Å²) >= 11 is 0. The minimum absolute atomic E-state index is 0.871. The molecule has 0 radical (unpaired) electrons. The molecule has 1 N–H and O–H groups in total. The Morgan fingerprint density at radius 1 is 1.12 bits per heavy atom. The summed E-state index contributed by atoms with van der Waals surface area (Å²) in [6.07, 6.45) is 4.18. The molecule has 3 rings (SSSR count). The van der Waals surface area contributed by atoms with E-state index in [1.165, 1.54) is 44.5 Å². The van der Waals surface area contributed by atoms with Crippen LogP contribution in [0, 0.1) is 5.92 Å². The quantitative estimate of drug-likeness (QED) is 0.834. The van der Waals surface area contributed by atoms with Gasteiger partial charge in [0.15, 0.2) is 0 Å². The van der Waals surface area contributed by atoms with E-state index in [0.29, 0.717) is 0 Å². The van der Waals surface area contributed by atoms with Crippen LogP contribution in [0.1, 0.15) is 24.8 Å². The molecular formula is C15H22N2. The monoisotopic (exact) mass is 230 g/mol. The molecule has 0 spiro atoms. The van der Waals surface area contributed by atoms with Gasteiger partial charge in [-0.3, -0.25) is 4.90 Å². The average molecular weight is 230 g/mol. The van der Waals surface area contributed by atoms with Crippen LogP contribution in [0.4, 0.5) is 0 Å². The lowest BCUT2D eigenvalue weighted by Gasteiger charge is -2.25. The van der Waals surface area contributed by atoms with E-state index in [1.807, 2.05) is 0 Å². The molecule has 2 heteroatoms. The molecule has 92 valence electrons. The second kappa shape index (κ2) is 5.19. The maximum Gasteiger partial charge on any atom is 0.0236 e. The highest BCUT2D eigenvalue weighted by Gasteiger charge is 2.31. The van der Waals surface area contributed by atoms with Gasteiger partial charge in [-0.2, -0.15) is 0 Å². The second-order valence-corrected chi connectivity index (χ2v) is 5.51. The molecule has 2 nitrogen and oxygen atoms in total.